The van der Waals surface area contributed by atoms with Crippen LogP contribution in [0.2, 0.25) is 0 Å². The molecule has 9 nitrogen and oxygen atoms in total. The highest BCUT2D eigenvalue weighted by atomic mass is 16.6. The number of ether oxygens (including phenoxy) is 2. The molecule has 3 N–H and O–H groups in total. The van der Waals surface area contributed by atoms with E-state index in [1.807, 2.05) is 78.9 Å². The maximum absolute atomic E-state index is 14.5. The van der Waals surface area contributed by atoms with Gasteiger partial charge in [0.05, 0.1) is 31.3 Å². The fraction of sp³-hybridized carbons (Fsp3) is 0.371. The zero-order chi connectivity index (χ0) is 30.5. The van der Waals surface area contributed by atoms with Crippen LogP contribution in [0.3, 0.4) is 0 Å². The number of aliphatic hydroxyl groups excluding tert-OH is 1. The van der Waals surface area contributed by atoms with E-state index in [2.05, 4.69) is 10.6 Å². The average Bonchev–Trinajstić information content (AvgIpc) is 3.66. The fourth-order valence-corrected chi connectivity index (χ4v) is 6.58. The molecule has 44 heavy (non-hydrogen) atoms. The van der Waals surface area contributed by atoms with Crippen LogP contribution in [0, 0.1) is 5.92 Å². The van der Waals surface area contributed by atoms with Gasteiger partial charge in [-0.25, -0.2) is 4.79 Å². The Morgan fingerprint density at radius 1 is 1.02 bits per heavy atom. The second-order valence-electron chi connectivity index (χ2n) is 11.9. The molecule has 6 rings (SSSR count). The van der Waals surface area contributed by atoms with E-state index in [1.54, 1.807) is 12.3 Å². The van der Waals surface area contributed by atoms with E-state index in [0.717, 1.165) is 16.7 Å². The van der Waals surface area contributed by atoms with Gasteiger partial charge in [-0.15, -0.1) is 0 Å². The molecule has 2 unspecified atom stereocenters. The minimum absolute atomic E-state index is 0.00122. The largest absolute Gasteiger partial charge is 0.444 e. The van der Waals surface area contributed by atoms with E-state index in [9.17, 15) is 19.5 Å². The summed E-state index contributed by atoms with van der Waals surface area (Å²) in [4.78, 5) is 44.9. The van der Waals surface area contributed by atoms with Gasteiger partial charge in [0, 0.05) is 43.5 Å². The van der Waals surface area contributed by atoms with Crippen LogP contribution in [0.5, 0.6) is 0 Å². The molecule has 0 aromatic heterocycles. The van der Waals surface area contributed by atoms with E-state index in [-0.39, 0.29) is 30.1 Å². The summed E-state index contributed by atoms with van der Waals surface area (Å²) in [6.45, 7) is 1.19. The summed E-state index contributed by atoms with van der Waals surface area (Å²) in [6.07, 6.45) is 0.853. The van der Waals surface area contributed by atoms with E-state index >= 15 is 0 Å². The summed E-state index contributed by atoms with van der Waals surface area (Å²) < 4.78 is 10.9. The lowest BCUT2D eigenvalue weighted by atomic mass is 9.73. The predicted octanol–water partition coefficient (Wildman–Crippen LogP) is 3.64. The number of Topliss-reactive ketones (excluding diaryl/α,β-unsaturated/α-hetero) is 1. The minimum atomic E-state index is -1.26. The zero-order valence-corrected chi connectivity index (χ0v) is 24.4. The summed E-state index contributed by atoms with van der Waals surface area (Å²) in [5, 5.41) is 17.6. The topological polar surface area (TPSA) is 126 Å². The molecule has 6 atom stereocenters. The smallest absolute Gasteiger partial charge is 0.407 e. The van der Waals surface area contributed by atoms with E-state index in [1.165, 1.54) is 0 Å². The molecule has 2 amide bonds. The second kappa shape index (κ2) is 13.1. The van der Waals surface area contributed by atoms with Crippen molar-refractivity contribution in [2.45, 2.75) is 55.4 Å². The third-order valence-corrected chi connectivity index (χ3v) is 8.88. The number of aliphatic imine (C=N–C) groups is 1. The van der Waals surface area contributed by atoms with Crippen molar-refractivity contribution in [3.8, 4) is 0 Å². The van der Waals surface area contributed by atoms with Gasteiger partial charge < -0.3 is 25.2 Å². The Balaban J connectivity index is 1.28. The van der Waals surface area contributed by atoms with Crippen LogP contribution in [-0.4, -0.2) is 72.7 Å². The molecule has 1 saturated heterocycles. The molecule has 0 bridgehead atoms. The summed E-state index contributed by atoms with van der Waals surface area (Å²) in [5.74, 6) is -1.13. The monoisotopic (exact) mass is 595 g/mol. The number of amides is 2. The second-order valence-corrected chi connectivity index (χ2v) is 11.9. The number of aliphatic hydroxyl groups is 1. The molecule has 9 heteroatoms. The third kappa shape index (κ3) is 6.44. The Kier molecular flexibility index (Phi) is 8.86. The Labute approximate surface area is 256 Å². The number of nitrogens with zero attached hydrogens (tertiary/aromatic N) is 1. The van der Waals surface area contributed by atoms with Crippen molar-refractivity contribution < 1.29 is 29.0 Å². The highest BCUT2D eigenvalue weighted by molar-refractivity contribution is 6.08. The van der Waals surface area contributed by atoms with Crippen LogP contribution in [0.1, 0.15) is 45.8 Å². The van der Waals surface area contributed by atoms with Crippen molar-refractivity contribution in [3.05, 3.63) is 107 Å². The number of hydrogen-bond acceptors (Lipinski definition) is 7. The van der Waals surface area contributed by atoms with Gasteiger partial charge in [0.15, 0.2) is 5.78 Å². The first-order valence-corrected chi connectivity index (χ1v) is 15.2. The van der Waals surface area contributed by atoms with Crippen LogP contribution in [0.4, 0.5) is 4.79 Å². The molecule has 0 spiro atoms. The van der Waals surface area contributed by atoms with Crippen molar-refractivity contribution in [3.63, 3.8) is 0 Å². The number of benzene rings is 3. The Bertz CT molecular complexity index is 1510. The molecule has 3 aromatic rings. The lowest BCUT2D eigenvalue weighted by Crippen LogP contribution is -2.51. The van der Waals surface area contributed by atoms with Gasteiger partial charge in [-0.2, -0.15) is 0 Å². The standard InChI is InChI=1S/C35H37N3O6/c39-31(30(17-23-9-3-1-4-10-23)38-34(42)44-25-15-16-43-22-25)19-35(18-24-11-5-2-6-12-24)32(40)29(21-37-35)28-20-36-33(41)27-14-8-7-13-26(27)28/h1-14,21,25,28-31,39H,15-20,22H2,(H,36,41)(H,38,42)/t25-,28?,29?,30-,31-,35-/m0/s1. The summed E-state index contributed by atoms with van der Waals surface area (Å²) in [5.41, 5.74) is 1.95. The minimum Gasteiger partial charge on any atom is -0.444 e. The van der Waals surface area contributed by atoms with Crippen LogP contribution >= 0.6 is 0 Å². The van der Waals surface area contributed by atoms with E-state index in [0.29, 0.717) is 44.6 Å². The van der Waals surface area contributed by atoms with Gasteiger partial charge in [-0.1, -0.05) is 78.9 Å². The third-order valence-electron chi connectivity index (χ3n) is 8.88. The lowest BCUT2D eigenvalue weighted by molar-refractivity contribution is -0.126. The quantitative estimate of drug-likeness (QED) is 0.329. The van der Waals surface area contributed by atoms with Crippen molar-refractivity contribution >= 4 is 24.0 Å². The van der Waals surface area contributed by atoms with E-state index < -0.39 is 29.7 Å². The maximum Gasteiger partial charge on any atom is 0.407 e. The highest BCUT2D eigenvalue weighted by Crippen LogP contribution is 2.40. The van der Waals surface area contributed by atoms with Crippen molar-refractivity contribution in [2.24, 2.45) is 10.9 Å². The molecule has 0 aliphatic carbocycles. The van der Waals surface area contributed by atoms with Crippen molar-refractivity contribution in [2.75, 3.05) is 19.8 Å². The van der Waals surface area contributed by atoms with E-state index in [4.69, 9.17) is 14.5 Å². The Morgan fingerprint density at radius 2 is 1.73 bits per heavy atom. The molecule has 0 radical (unpaired) electrons. The molecular weight excluding hydrogens is 558 g/mol. The Hall–Kier alpha value is -4.34. The molecule has 3 aliphatic rings. The lowest BCUT2D eigenvalue weighted by Gasteiger charge is -2.34. The van der Waals surface area contributed by atoms with Gasteiger partial charge in [0.2, 0.25) is 0 Å². The SMILES string of the molecule is O=C(N[C@@H](Cc1ccccc1)[C@@H](O)C[C@]1(Cc2ccccc2)N=CC(C2CNC(=O)c3ccccc32)C1=O)O[C@H]1CCOC1. The van der Waals surface area contributed by atoms with Crippen LogP contribution in [0.25, 0.3) is 0 Å². The first kappa shape index (κ1) is 29.7. The average molecular weight is 596 g/mol. The zero-order valence-electron chi connectivity index (χ0n) is 24.4. The van der Waals surface area contributed by atoms with Gasteiger partial charge in [-0.3, -0.25) is 14.6 Å². The normalized spacial score (nSPS) is 25.6. The molecular formula is C35H37N3O6. The van der Waals surface area contributed by atoms with Gasteiger partial charge >= 0.3 is 6.09 Å². The highest BCUT2D eigenvalue weighted by Gasteiger charge is 2.50. The summed E-state index contributed by atoms with van der Waals surface area (Å²) in [6, 6.07) is 25.8. The first-order chi connectivity index (χ1) is 21.4. The van der Waals surface area contributed by atoms with Crippen LogP contribution in [-0.2, 0) is 27.1 Å². The number of nitrogens with one attached hydrogen (secondary N) is 2. The number of carbonyl (C=O) groups is 3. The summed E-state index contributed by atoms with van der Waals surface area (Å²) in [7, 11) is 0. The fourth-order valence-electron chi connectivity index (χ4n) is 6.58. The van der Waals surface area contributed by atoms with Gasteiger partial charge in [0.25, 0.3) is 5.91 Å². The predicted molar refractivity (Wildman–Crippen MR) is 165 cm³/mol. The molecule has 0 saturated carbocycles. The number of carbonyl (C=O) groups excluding carboxylic acids is 3. The van der Waals surface area contributed by atoms with Crippen molar-refractivity contribution in [1.82, 2.24) is 10.6 Å². The van der Waals surface area contributed by atoms with Crippen LogP contribution in [0.15, 0.2) is 89.9 Å². The first-order valence-electron chi connectivity index (χ1n) is 15.2. The molecule has 3 aromatic carbocycles. The number of rotatable bonds is 10. The number of alkyl carbamates (subject to hydrolysis) is 1. The maximum atomic E-state index is 14.5. The van der Waals surface area contributed by atoms with Gasteiger partial charge in [0.1, 0.15) is 11.6 Å². The molecule has 3 heterocycles. The number of hydrogen-bond donors (Lipinski definition) is 3. The molecule has 1 fully saturated rings. The number of fused-ring (bicyclic) bond motifs is 1. The Morgan fingerprint density at radius 3 is 2.45 bits per heavy atom. The van der Waals surface area contributed by atoms with Crippen molar-refractivity contribution in [1.29, 1.82) is 0 Å². The van der Waals surface area contributed by atoms with Gasteiger partial charge in [-0.05, 0) is 29.2 Å². The summed E-state index contributed by atoms with van der Waals surface area (Å²) >= 11 is 0. The number of ketones is 1. The molecule has 228 valence electrons. The molecule has 3 aliphatic heterocycles. The van der Waals surface area contributed by atoms with Crippen LogP contribution < -0.4 is 10.6 Å².